The van der Waals surface area contributed by atoms with E-state index in [0.717, 1.165) is 10.1 Å². The third-order valence-corrected chi connectivity index (χ3v) is 5.24. The standard InChI is InChI=1S/C23H28N6O3.C3H6/c1-6-15(7-2)11-10-14-28-16-12-8-9-13-17(16)29(22(28)31)21(30)25-18(23(3,4)5)19-26-27-20(24)32-19;1-3-2/h1,7-9,12-13,18H,10-11,14H2,2-5H3,(H2,24,27)(H,25,30);3H,1H2,2H3/b15-7+;/t18-;/m1./s1. The Morgan fingerprint density at radius 3 is 2.43 bits per heavy atom. The minimum Gasteiger partial charge on any atom is -0.406 e. The van der Waals surface area contributed by atoms with E-state index in [9.17, 15) is 9.59 Å². The average molecular weight is 479 g/mol. The molecule has 0 aliphatic carbocycles. The largest absolute Gasteiger partial charge is 0.406 e. The third kappa shape index (κ3) is 6.51. The first-order valence-corrected chi connectivity index (χ1v) is 11.4. The number of aromatic nitrogens is 4. The number of amides is 1. The Hall–Kier alpha value is -4.06. The summed E-state index contributed by atoms with van der Waals surface area (Å²) in [6.45, 7) is 13.3. The summed E-state index contributed by atoms with van der Waals surface area (Å²) in [5.74, 6) is 2.82. The number of imidazole rings is 1. The van der Waals surface area contributed by atoms with Gasteiger partial charge in [-0.1, -0.05) is 56.1 Å². The van der Waals surface area contributed by atoms with Crippen molar-refractivity contribution in [3.63, 3.8) is 0 Å². The molecule has 2 heterocycles. The van der Waals surface area contributed by atoms with Crippen molar-refractivity contribution >= 4 is 23.1 Å². The van der Waals surface area contributed by atoms with E-state index < -0.39 is 23.2 Å². The first kappa shape index (κ1) is 27.2. The number of anilines is 1. The minimum atomic E-state index is -0.651. The summed E-state index contributed by atoms with van der Waals surface area (Å²) in [5, 5.41) is 10.5. The predicted molar refractivity (Wildman–Crippen MR) is 139 cm³/mol. The Labute approximate surface area is 205 Å². The first-order chi connectivity index (χ1) is 16.6. The maximum Gasteiger partial charge on any atom is 0.337 e. The number of hydrogen-bond donors (Lipinski definition) is 2. The monoisotopic (exact) mass is 478 g/mol. The lowest BCUT2D eigenvalue weighted by Crippen LogP contribution is -2.42. The van der Waals surface area contributed by atoms with Gasteiger partial charge in [-0.05, 0) is 49.8 Å². The van der Waals surface area contributed by atoms with Crippen LogP contribution in [-0.2, 0) is 6.54 Å². The molecule has 0 saturated carbocycles. The van der Waals surface area contributed by atoms with Gasteiger partial charge in [0.1, 0.15) is 6.04 Å². The van der Waals surface area contributed by atoms with E-state index in [0.29, 0.717) is 30.4 Å². The zero-order valence-corrected chi connectivity index (χ0v) is 21.0. The number of nitrogens with two attached hydrogens (primary N) is 1. The molecule has 3 N–H and O–H groups in total. The molecule has 0 spiro atoms. The summed E-state index contributed by atoms with van der Waals surface area (Å²) < 4.78 is 8.08. The molecule has 9 nitrogen and oxygen atoms in total. The van der Waals surface area contributed by atoms with Gasteiger partial charge in [-0.3, -0.25) is 4.57 Å². The summed E-state index contributed by atoms with van der Waals surface area (Å²) in [7, 11) is 0. The number of aryl methyl sites for hydroxylation is 1. The van der Waals surface area contributed by atoms with E-state index in [-0.39, 0.29) is 11.9 Å². The van der Waals surface area contributed by atoms with Crippen LogP contribution in [0.2, 0.25) is 0 Å². The van der Waals surface area contributed by atoms with Gasteiger partial charge in [0.15, 0.2) is 0 Å². The van der Waals surface area contributed by atoms with Crippen molar-refractivity contribution in [1.82, 2.24) is 24.6 Å². The van der Waals surface area contributed by atoms with Crippen LogP contribution in [0.15, 0.2) is 57.8 Å². The van der Waals surface area contributed by atoms with Crippen LogP contribution in [0.25, 0.3) is 11.0 Å². The number of carbonyl (C=O) groups excluding carboxylic acids is 1. The van der Waals surface area contributed by atoms with Crippen LogP contribution < -0.4 is 16.7 Å². The Kier molecular flexibility index (Phi) is 9.23. The number of fused-ring (bicyclic) bond motifs is 1. The van der Waals surface area contributed by atoms with Crippen molar-refractivity contribution in [3.05, 3.63) is 64.9 Å². The van der Waals surface area contributed by atoms with Crippen LogP contribution in [0.3, 0.4) is 0 Å². The number of carbonyl (C=O) groups is 1. The number of terminal acetylenes is 1. The molecular formula is C26H34N6O3. The highest BCUT2D eigenvalue weighted by molar-refractivity contribution is 5.89. The van der Waals surface area contributed by atoms with Gasteiger partial charge < -0.3 is 15.5 Å². The molecule has 9 heteroatoms. The molecule has 1 aromatic carbocycles. The molecule has 0 bridgehead atoms. The molecule has 0 saturated heterocycles. The number of nitrogens with one attached hydrogen (secondary N) is 1. The van der Waals surface area contributed by atoms with Crippen molar-refractivity contribution in [1.29, 1.82) is 0 Å². The number of nitrogen functional groups attached to an aromatic ring is 1. The molecule has 1 atom stereocenters. The summed E-state index contributed by atoms with van der Waals surface area (Å²) in [4.78, 5) is 26.5. The molecule has 35 heavy (non-hydrogen) atoms. The van der Waals surface area contributed by atoms with Crippen LogP contribution >= 0.6 is 0 Å². The molecule has 3 rings (SSSR count). The van der Waals surface area contributed by atoms with E-state index in [2.05, 4.69) is 28.0 Å². The zero-order chi connectivity index (χ0) is 26.2. The second-order valence-electron chi connectivity index (χ2n) is 8.96. The molecule has 1 amide bonds. The van der Waals surface area contributed by atoms with Gasteiger partial charge in [-0.15, -0.1) is 18.1 Å². The number of benzene rings is 1. The SMILES string of the molecule is C#C/C(=C\C)CCCn1c(=O)n(C(=O)N[C@H](c2nnc(N)o2)C(C)(C)C)c2ccccc21.C=CC. The summed E-state index contributed by atoms with van der Waals surface area (Å²) in [6, 6.07) is 5.84. The van der Waals surface area contributed by atoms with E-state index in [1.165, 1.54) is 0 Å². The van der Waals surface area contributed by atoms with Crippen LogP contribution in [-0.4, -0.2) is 25.4 Å². The Morgan fingerprint density at radius 2 is 1.91 bits per heavy atom. The lowest BCUT2D eigenvalue weighted by Gasteiger charge is -2.28. The van der Waals surface area contributed by atoms with Crippen molar-refractivity contribution in [2.75, 3.05) is 5.73 Å². The average Bonchev–Trinajstić information content (AvgIpc) is 3.35. The quantitative estimate of drug-likeness (QED) is 0.392. The molecule has 3 aromatic rings. The van der Waals surface area contributed by atoms with Gasteiger partial charge in [-0.2, -0.15) is 0 Å². The summed E-state index contributed by atoms with van der Waals surface area (Å²) in [5.41, 5.74) is 6.72. The first-order valence-electron chi connectivity index (χ1n) is 11.4. The van der Waals surface area contributed by atoms with Gasteiger partial charge >= 0.3 is 17.7 Å². The van der Waals surface area contributed by atoms with Gasteiger partial charge in [-0.25, -0.2) is 14.2 Å². The molecule has 2 aromatic heterocycles. The number of nitrogens with zero attached hydrogens (tertiary/aromatic N) is 4. The molecular weight excluding hydrogens is 444 g/mol. The van der Waals surface area contributed by atoms with Gasteiger partial charge in [0, 0.05) is 6.54 Å². The fourth-order valence-electron chi connectivity index (χ4n) is 3.55. The van der Waals surface area contributed by atoms with Gasteiger partial charge in [0.05, 0.1) is 11.0 Å². The molecule has 0 radical (unpaired) electrons. The number of rotatable bonds is 6. The van der Waals surface area contributed by atoms with E-state index in [1.54, 1.807) is 22.8 Å². The number of para-hydroxylation sites is 2. The second kappa shape index (κ2) is 11.9. The predicted octanol–water partition coefficient (Wildman–Crippen LogP) is 4.67. The third-order valence-electron chi connectivity index (χ3n) is 5.24. The smallest absolute Gasteiger partial charge is 0.337 e. The van der Waals surface area contributed by atoms with Crippen LogP contribution in [0.5, 0.6) is 0 Å². The fraction of sp³-hybridized carbons (Fsp3) is 0.385. The van der Waals surface area contributed by atoms with E-state index in [4.69, 9.17) is 16.6 Å². The van der Waals surface area contributed by atoms with Crippen molar-refractivity contribution in [2.45, 2.75) is 60.0 Å². The topological polar surface area (TPSA) is 121 Å². The maximum absolute atomic E-state index is 13.3. The molecule has 0 unspecified atom stereocenters. The van der Waals surface area contributed by atoms with E-state index in [1.807, 2.05) is 52.8 Å². The number of allylic oxidation sites excluding steroid dienone is 3. The van der Waals surface area contributed by atoms with Gasteiger partial charge in [0.25, 0.3) is 0 Å². The van der Waals surface area contributed by atoms with Crippen LogP contribution in [0.4, 0.5) is 10.8 Å². The fourth-order valence-corrected chi connectivity index (χ4v) is 3.55. The Morgan fingerprint density at radius 1 is 1.29 bits per heavy atom. The maximum atomic E-state index is 13.3. The van der Waals surface area contributed by atoms with Crippen molar-refractivity contribution in [3.8, 4) is 12.3 Å². The molecule has 0 aliphatic heterocycles. The normalized spacial score (nSPS) is 12.4. The van der Waals surface area contributed by atoms with Gasteiger partial charge in [0.2, 0.25) is 5.89 Å². The lowest BCUT2D eigenvalue weighted by atomic mass is 9.86. The van der Waals surface area contributed by atoms with Crippen molar-refractivity contribution < 1.29 is 9.21 Å². The van der Waals surface area contributed by atoms with Crippen LogP contribution in [0, 0.1) is 17.8 Å². The summed E-state index contributed by atoms with van der Waals surface area (Å²) >= 11 is 0. The zero-order valence-electron chi connectivity index (χ0n) is 21.0. The molecule has 0 fully saturated rings. The molecule has 186 valence electrons. The highest BCUT2D eigenvalue weighted by Crippen LogP contribution is 2.32. The summed E-state index contributed by atoms with van der Waals surface area (Å²) in [6.07, 6.45) is 10.5. The molecule has 0 aliphatic rings. The van der Waals surface area contributed by atoms with E-state index >= 15 is 0 Å². The lowest BCUT2D eigenvalue weighted by molar-refractivity contribution is 0.206. The Bertz CT molecular complexity index is 1300. The number of hydrogen-bond acceptors (Lipinski definition) is 6. The highest BCUT2D eigenvalue weighted by Gasteiger charge is 2.33. The minimum absolute atomic E-state index is 0.0928. The van der Waals surface area contributed by atoms with Crippen molar-refractivity contribution in [2.24, 2.45) is 5.41 Å². The second-order valence-corrected chi connectivity index (χ2v) is 8.96. The Balaban J connectivity index is 0.00000137. The van der Waals surface area contributed by atoms with Crippen LogP contribution in [0.1, 0.15) is 59.4 Å². The highest BCUT2D eigenvalue weighted by atomic mass is 16.4.